The Kier molecular flexibility index (Phi) is 8.93. The molecule has 4 aromatic rings. The maximum absolute atomic E-state index is 12.4. The molecule has 204 valence electrons. The molecule has 0 radical (unpaired) electrons. The molecule has 0 aliphatic rings. The van der Waals surface area contributed by atoms with Crippen molar-refractivity contribution in [2.75, 3.05) is 19.6 Å². The minimum atomic E-state index is -1.29. The van der Waals surface area contributed by atoms with Crippen molar-refractivity contribution in [2.45, 2.75) is 44.6 Å². The van der Waals surface area contributed by atoms with Crippen molar-refractivity contribution >= 4 is 56.1 Å². The van der Waals surface area contributed by atoms with Gasteiger partial charge in [0, 0.05) is 13.0 Å². The van der Waals surface area contributed by atoms with Gasteiger partial charge in [-0.25, -0.2) is 0 Å². The zero-order chi connectivity index (χ0) is 27.9. The molecule has 1 atom stereocenters. The van der Waals surface area contributed by atoms with Gasteiger partial charge >= 0.3 is 17.9 Å². The lowest BCUT2D eigenvalue weighted by Gasteiger charge is -2.25. The molecule has 0 unspecified atom stereocenters. The molecule has 0 saturated carbocycles. The van der Waals surface area contributed by atoms with E-state index in [1.807, 2.05) is 0 Å². The highest BCUT2D eigenvalue weighted by molar-refractivity contribution is 6.23. The van der Waals surface area contributed by atoms with Gasteiger partial charge < -0.3 is 20.6 Å². The Morgan fingerprint density at radius 3 is 2.00 bits per heavy atom. The molecule has 0 aromatic heterocycles. The number of aliphatic carboxylic acids is 3. The van der Waals surface area contributed by atoms with E-state index in [0.717, 1.165) is 11.3 Å². The number of hydrogen-bond donors (Lipinski definition) is 4. The summed E-state index contributed by atoms with van der Waals surface area (Å²) in [6, 6.07) is 18.0. The highest BCUT2D eigenvalue weighted by Crippen LogP contribution is 2.36. The van der Waals surface area contributed by atoms with E-state index in [-0.39, 0.29) is 12.3 Å². The molecule has 39 heavy (non-hydrogen) atoms. The predicted octanol–water partition coefficient (Wildman–Crippen LogP) is 4.12. The first kappa shape index (κ1) is 27.8. The monoisotopic (exact) mass is 532 g/mol. The molecule has 9 heteroatoms. The zero-order valence-electron chi connectivity index (χ0n) is 21.6. The first-order valence-corrected chi connectivity index (χ1v) is 13.1. The van der Waals surface area contributed by atoms with Gasteiger partial charge in [-0.3, -0.25) is 24.1 Å². The topological polar surface area (TPSA) is 144 Å². The summed E-state index contributed by atoms with van der Waals surface area (Å²) in [5.41, 5.74) is 1.21. The lowest BCUT2D eigenvalue weighted by Crippen LogP contribution is -2.46. The van der Waals surface area contributed by atoms with Gasteiger partial charge in [-0.05, 0) is 70.0 Å². The van der Waals surface area contributed by atoms with Crippen LogP contribution in [0.15, 0.2) is 54.6 Å². The second kappa shape index (κ2) is 12.5. The van der Waals surface area contributed by atoms with Crippen LogP contribution in [0.3, 0.4) is 0 Å². The molecule has 0 fully saturated rings. The average Bonchev–Trinajstić information content (AvgIpc) is 2.89. The molecule has 0 saturated heterocycles. The second-order valence-corrected chi connectivity index (χ2v) is 9.83. The lowest BCUT2D eigenvalue weighted by atomic mass is 9.90. The molecule has 0 spiro atoms. The number of unbranched alkanes of at least 4 members (excludes halogenated alkanes) is 1. The number of rotatable bonds is 15. The van der Waals surface area contributed by atoms with Crippen molar-refractivity contribution < 1.29 is 34.5 Å². The molecule has 0 aliphatic heterocycles. The number of carboxylic acid groups (broad SMARTS) is 3. The zero-order valence-corrected chi connectivity index (χ0v) is 21.6. The smallest absolute Gasteiger partial charge is 0.320 e. The first-order chi connectivity index (χ1) is 18.7. The SMILES string of the molecule is O=C(O)CN(CC(=O)O)[C@@H](CCCCNC(=O)CCCc1ccc2ccc3cccc4ccc1c2c34)C(=O)O. The van der Waals surface area contributed by atoms with E-state index in [2.05, 4.69) is 59.9 Å². The first-order valence-electron chi connectivity index (χ1n) is 13.1. The molecule has 0 aliphatic carbocycles. The second-order valence-electron chi connectivity index (χ2n) is 9.83. The Morgan fingerprint density at radius 1 is 0.744 bits per heavy atom. The molecular formula is C30H32N2O7. The van der Waals surface area contributed by atoms with Gasteiger partial charge in [0.25, 0.3) is 0 Å². The van der Waals surface area contributed by atoms with Crippen molar-refractivity contribution in [2.24, 2.45) is 0 Å². The van der Waals surface area contributed by atoms with Gasteiger partial charge in [0.05, 0.1) is 13.1 Å². The number of aryl methyl sites for hydroxylation is 1. The minimum Gasteiger partial charge on any atom is -0.480 e. The van der Waals surface area contributed by atoms with Crippen LogP contribution in [0, 0.1) is 0 Å². The van der Waals surface area contributed by atoms with E-state index in [9.17, 15) is 24.3 Å². The van der Waals surface area contributed by atoms with E-state index in [1.54, 1.807) is 0 Å². The summed E-state index contributed by atoms with van der Waals surface area (Å²) in [5.74, 6) is -3.94. The van der Waals surface area contributed by atoms with Gasteiger partial charge in [-0.15, -0.1) is 0 Å². The van der Waals surface area contributed by atoms with Crippen molar-refractivity contribution in [3.63, 3.8) is 0 Å². The standard InChI is InChI=1S/C30H32N2O7/c33-25(31-16-2-1-8-24(30(38)39)32(17-26(34)35)18-27(36)37)9-4-5-19-10-11-22-13-12-20-6-3-7-21-14-15-23(19)29(22)28(20)21/h3,6-7,10-15,24H,1-2,4-5,8-9,16-18H2,(H,31,33)(H,34,35)(H,36,37)(H,38,39)/t24-/m0/s1. The van der Waals surface area contributed by atoms with Crippen molar-refractivity contribution in [3.05, 3.63) is 60.2 Å². The molecule has 4 rings (SSSR count). The van der Waals surface area contributed by atoms with Gasteiger partial charge in [0.2, 0.25) is 5.91 Å². The van der Waals surface area contributed by atoms with E-state index < -0.39 is 37.0 Å². The Hall–Kier alpha value is -4.24. The number of carbonyl (C=O) groups is 4. The maximum Gasteiger partial charge on any atom is 0.320 e. The van der Waals surface area contributed by atoms with Crippen LogP contribution in [0.25, 0.3) is 32.3 Å². The summed E-state index contributed by atoms with van der Waals surface area (Å²) in [4.78, 5) is 46.9. The summed E-state index contributed by atoms with van der Waals surface area (Å²) < 4.78 is 0. The number of benzene rings is 4. The van der Waals surface area contributed by atoms with Crippen LogP contribution in [-0.4, -0.2) is 69.7 Å². The van der Waals surface area contributed by atoms with Crippen LogP contribution in [0.1, 0.15) is 37.7 Å². The van der Waals surface area contributed by atoms with Gasteiger partial charge in [0.1, 0.15) is 6.04 Å². The number of nitrogens with zero attached hydrogens (tertiary/aromatic N) is 1. The molecule has 4 aromatic carbocycles. The molecule has 9 nitrogen and oxygen atoms in total. The molecule has 0 heterocycles. The van der Waals surface area contributed by atoms with Crippen LogP contribution < -0.4 is 5.32 Å². The third kappa shape index (κ3) is 6.80. The fourth-order valence-corrected chi connectivity index (χ4v) is 5.32. The van der Waals surface area contributed by atoms with Crippen LogP contribution in [0.5, 0.6) is 0 Å². The van der Waals surface area contributed by atoms with E-state index >= 15 is 0 Å². The molecule has 1 amide bonds. The lowest BCUT2D eigenvalue weighted by molar-refractivity contribution is -0.149. The number of nitrogens with one attached hydrogen (secondary N) is 1. The fourth-order valence-electron chi connectivity index (χ4n) is 5.32. The van der Waals surface area contributed by atoms with Crippen LogP contribution in [0.4, 0.5) is 0 Å². The normalized spacial score (nSPS) is 12.3. The largest absolute Gasteiger partial charge is 0.480 e. The molecular weight excluding hydrogens is 500 g/mol. The quantitative estimate of drug-likeness (QED) is 0.132. The highest BCUT2D eigenvalue weighted by atomic mass is 16.4. The third-order valence-corrected chi connectivity index (χ3v) is 7.10. The van der Waals surface area contributed by atoms with E-state index in [0.29, 0.717) is 32.2 Å². The Balaban J connectivity index is 1.25. The molecule has 0 bridgehead atoms. The summed E-state index contributed by atoms with van der Waals surface area (Å²) >= 11 is 0. The fraction of sp³-hybridized carbons (Fsp3) is 0.333. The Morgan fingerprint density at radius 2 is 1.36 bits per heavy atom. The summed E-state index contributed by atoms with van der Waals surface area (Å²) in [6.45, 7) is -0.986. The molecule has 4 N–H and O–H groups in total. The minimum absolute atomic E-state index is 0.0825. The maximum atomic E-state index is 12.4. The predicted molar refractivity (Wildman–Crippen MR) is 148 cm³/mol. The summed E-state index contributed by atoms with van der Waals surface area (Å²) in [5, 5.41) is 37.7. The summed E-state index contributed by atoms with van der Waals surface area (Å²) in [6.07, 6.45) is 2.81. The Bertz CT molecular complexity index is 1470. The van der Waals surface area contributed by atoms with E-state index in [1.165, 1.54) is 37.9 Å². The van der Waals surface area contributed by atoms with Crippen LogP contribution in [-0.2, 0) is 25.6 Å². The average molecular weight is 533 g/mol. The highest BCUT2D eigenvalue weighted by Gasteiger charge is 2.28. The van der Waals surface area contributed by atoms with E-state index in [4.69, 9.17) is 10.2 Å². The number of hydrogen-bond acceptors (Lipinski definition) is 5. The van der Waals surface area contributed by atoms with Crippen molar-refractivity contribution in [3.8, 4) is 0 Å². The van der Waals surface area contributed by atoms with Crippen molar-refractivity contribution in [1.82, 2.24) is 10.2 Å². The number of carbonyl (C=O) groups excluding carboxylic acids is 1. The van der Waals surface area contributed by atoms with Gasteiger partial charge in [-0.1, -0.05) is 54.6 Å². The third-order valence-electron chi connectivity index (χ3n) is 7.10. The van der Waals surface area contributed by atoms with Crippen LogP contribution in [0.2, 0.25) is 0 Å². The Labute approximate surface area is 225 Å². The van der Waals surface area contributed by atoms with Crippen LogP contribution >= 0.6 is 0 Å². The number of amides is 1. The summed E-state index contributed by atoms with van der Waals surface area (Å²) in [7, 11) is 0. The number of carboxylic acids is 3. The van der Waals surface area contributed by atoms with Crippen molar-refractivity contribution in [1.29, 1.82) is 0 Å². The van der Waals surface area contributed by atoms with Gasteiger partial charge in [-0.2, -0.15) is 0 Å². The van der Waals surface area contributed by atoms with Gasteiger partial charge in [0.15, 0.2) is 0 Å².